The van der Waals surface area contributed by atoms with Gasteiger partial charge in [-0.05, 0) is 30.7 Å². The summed E-state index contributed by atoms with van der Waals surface area (Å²) in [4.78, 5) is 24.1. The first kappa shape index (κ1) is 15.1. The number of methoxy groups -OCH3 is 1. The van der Waals surface area contributed by atoms with Crippen molar-refractivity contribution in [1.29, 1.82) is 0 Å². The van der Waals surface area contributed by atoms with Crippen LogP contribution in [-0.4, -0.2) is 39.3 Å². The average Bonchev–Trinajstić information content (AvgIpc) is 2.45. The molecule has 0 aliphatic heterocycles. The summed E-state index contributed by atoms with van der Waals surface area (Å²) in [6, 6.07) is 8.08. The summed E-state index contributed by atoms with van der Waals surface area (Å²) in [5, 5.41) is 13.5. The van der Waals surface area contributed by atoms with E-state index in [0.29, 0.717) is 5.69 Å². The molecule has 111 valence electrons. The zero-order valence-corrected chi connectivity index (χ0v) is 11.8. The van der Waals surface area contributed by atoms with E-state index in [2.05, 4.69) is 11.2 Å². The normalized spacial score (nSPS) is 12.3. The summed E-state index contributed by atoms with van der Waals surface area (Å²) in [6.07, 6.45) is 0.0988. The molecule has 0 unspecified atom stereocenters. The van der Waals surface area contributed by atoms with E-state index in [-0.39, 0.29) is 13.2 Å². The number of aryl methyl sites for hydroxylation is 1. The minimum Gasteiger partial charge on any atom is -0.389 e. The van der Waals surface area contributed by atoms with Gasteiger partial charge < -0.3 is 9.84 Å². The Bertz CT molecular complexity index is 718. The van der Waals surface area contributed by atoms with Crippen LogP contribution in [0, 0.1) is 13.0 Å². The van der Waals surface area contributed by atoms with Gasteiger partial charge in [0.2, 0.25) is 0 Å². The molecule has 0 bridgehead atoms. The fourth-order valence-electron chi connectivity index (χ4n) is 1.86. The number of benzene rings is 1. The maximum absolute atomic E-state index is 12.3. The van der Waals surface area contributed by atoms with Crippen LogP contribution in [0.3, 0.4) is 0 Å². The predicted octanol–water partition coefficient (Wildman–Crippen LogP) is -0.490. The third kappa shape index (κ3) is 3.45. The van der Waals surface area contributed by atoms with Gasteiger partial charge in [-0.25, -0.2) is 4.79 Å². The highest BCUT2D eigenvalue weighted by Gasteiger charge is 2.12. The van der Waals surface area contributed by atoms with Gasteiger partial charge in [0, 0.05) is 7.11 Å². The van der Waals surface area contributed by atoms with E-state index in [1.54, 1.807) is 18.2 Å². The highest BCUT2D eigenvalue weighted by Crippen LogP contribution is 2.04. The summed E-state index contributed by atoms with van der Waals surface area (Å²) >= 11 is 0. The summed E-state index contributed by atoms with van der Waals surface area (Å²) in [6.45, 7) is 1.76. The molecule has 2 aromatic rings. The second-order valence-corrected chi connectivity index (χ2v) is 4.63. The lowest BCUT2D eigenvalue weighted by Crippen LogP contribution is -2.43. The summed E-state index contributed by atoms with van der Waals surface area (Å²) in [7, 11) is 1.43. The van der Waals surface area contributed by atoms with Crippen molar-refractivity contribution in [3.8, 4) is 5.69 Å². The lowest BCUT2D eigenvalue weighted by molar-refractivity contribution is 0.0519. The number of aliphatic hydroxyl groups excluding tert-OH is 1. The molecule has 2 rings (SSSR count). The summed E-state index contributed by atoms with van der Waals surface area (Å²) in [5.74, 6) is 0. The summed E-state index contributed by atoms with van der Waals surface area (Å²) in [5.41, 5.74) is 0.244. The number of nitrogens with zero attached hydrogens (tertiary/aromatic N) is 3. The first-order chi connectivity index (χ1) is 10.0. The van der Waals surface area contributed by atoms with Crippen LogP contribution in [0.25, 0.3) is 5.69 Å². The van der Waals surface area contributed by atoms with Gasteiger partial charge in [0.25, 0.3) is 5.56 Å². The molecule has 0 fully saturated rings. The number of hydrogen-bond acceptors (Lipinski definition) is 5. The van der Waals surface area contributed by atoms with Gasteiger partial charge in [0.05, 0.1) is 24.9 Å². The fraction of sp³-hybridized carbons (Fsp3) is 0.357. The van der Waals surface area contributed by atoms with E-state index in [0.717, 1.165) is 21.0 Å². The topological polar surface area (TPSA) is 86.3 Å². The van der Waals surface area contributed by atoms with Crippen molar-refractivity contribution in [1.82, 2.24) is 14.3 Å². The Hall–Kier alpha value is -2.25. The van der Waals surface area contributed by atoms with Crippen molar-refractivity contribution in [2.75, 3.05) is 13.7 Å². The van der Waals surface area contributed by atoms with Gasteiger partial charge in [-0.2, -0.15) is 9.78 Å². The molecule has 0 aliphatic carbocycles. The second kappa shape index (κ2) is 6.47. The molecule has 0 aliphatic rings. The lowest BCUT2D eigenvalue weighted by atomic mass is 10.2. The molecule has 7 nitrogen and oxygen atoms in total. The molecule has 0 saturated heterocycles. The summed E-state index contributed by atoms with van der Waals surface area (Å²) < 4.78 is 6.81. The fourth-order valence-corrected chi connectivity index (χ4v) is 1.86. The Balaban J connectivity index is 2.44. The van der Waals surface area contributed by atoms with E-state index >= 15 is 0 Å². The average molecular weight is 290 g/mol. The molecule has 21 heavy (non-hydrogen) atoms. The van der Waals surface area contributed by atoms with Crippen LogP contribution in [0.2, 0.25) is 0 Å². The van der Waals surface area contributed by atoms with E-state index in [4.69, 9.17) is 4.74 Å². The highest BCUT2D eigenvalue weighted by molar-refractivity contribution is 5.31. The molecule has 1 atom stereocenters. The lowest BCUT2D eigenvalue weighted by Gasteiger charge is -2.12. The molecule has 1 N–H and O–H groups in total. The van der Waals surface area contributed by atoms with Crippen LogP contribution in [0.4, 0.5) is 0 Å². The highest BCUT2D eigenvalue weighted by atomic mass is 16.5. The molecule has 1 heterocycles. The van der Waals surface area contributed by atoms with Gasteiger partial charge >= 0.3 is 5.69 Å². The van der Waals surface area contributed by atoms with E-state index < -0.39 is 17.4 Å². The first-order valence-electron chi connectivity index (χ1n) is 6.38. The van der Waals surface area contributed by atoms with E-state index in [1.807, 2.05) is 6.92 Å². The van der Waals surface area contributed by atoms with Crippen molar-refractivity contribution >= 4 is 0 Å². The van der Waals surface area contributed by atoms with Crippen LogP contribution in [-0.2, 0) is 11.3 Å². The minimum atomic E-state index is -0.944. The first-order valence-corrected chi connectivity index (χ1v) is 6.38. The van der Waals surface area contributed by atoms with Gasteiger partial charge in [-0.15, -0.1) is 0 Å². The van der Waals surface area contributed by atoms with Crippen molar-refractivity contribution in [3.05, 3.63) is 56.9 Å². The van der Waals surface area contributed by atoms with Crippen LogP contribution < -0.4 is 11.2 Å². The Morgan fingerprint density at radius 3 is 2.81 bits per heavy atom. The molecular weight excluding hydrogens is 274 g/mol. The number of aromatic nitrogens is 3. The molecule has 1 radical (unpaired) electrons. The zero-order valence-electron chi connectivity index (χ0n) is 11.8. The van der Waals surface area contributed by atoms with Crippen molar-refractivity contribution in [3.63, 3.8) is 0 Å². The SMILES string of the molecule is COC[C@H](O)Cn1c(=O)cnn(-c2c[c]c(C)cc2)c1=O. The number of ether oxygens (including phenoxy) is 1. The Morgan fingerprint density at radius 1 is 1.43 bits per heavy atom. The molecule has 1 aromatic heterocycles. The van der Waals surface area contributed by atoms with Crippen molar-refractivity contribution in [2.24, 2.45) is 0 Å². The predicted molar refractivity (Wildman–Crippen MR) is 75.5 cm³/mol. The molecule has 0 saturated carbocycles. The quantitative estimate of drug-likeness (QED) is 0.803. The number of rotatable bonds is 5. The largest absolute Gasteiger partial charge is 0.389 e. The molecule has 0 spiro atoms. The third-order valence-corrected chi connectivity index (χ3v) is 2.91. The molecule has 1 aromatic carbocycles. The van der Waals surface area contributed by atoms with Crippen LogP contribution in [0.1, 0.15) is 5.56 Å². The maximum Gasteiger partial charge on any atom is 0.352 e. The molecular formula is C14H16N3O4. The van der Waals surface area contributed by atoms with Crippen LogP contribution in [0.5, 0.6) is 0 Å². The van der Waals surface area contributed by atoms with Crippen molar-refractivity contribution in [2.45, 2.75) is 19.6 Å². The Labute approximate surface area is 121 Å². The van der Waals surface area contributed by atoms with E-state index in [1.165, 1.54) is 7.11 Å². The maximum atomic E-state index is 12.3. The number of hydrogen-bond donors (Lipinski definition) is 1. The number of aliphatic hydroxyl groups is 1. The van der Waals surface area contributed by atoms with Crippen LogP contribution in [0.15, 0.2) is 34.0 Å². The van der Waals surface area contributed by atoms with Gasteiger partial charge in [-0.1, -0.05) is 6.07 Å². The second-order valence-electron chi connectivity index (χ2n) is 4.63. The van der Waals surface area contributed by atoms with Gasteiger partial charge in [0.1, 0.15) is 6.20 Å². The molecule has 7 heteroatoms. The smallest absolute Gasteiger partial charge is 0.352 e. The van der Waals surface area contributed by atoms with Gasteiger partial charge in [0.15, 0.2) is 0 Å². The zero-order chi connectivity index (χ0) is 15.4. The standard InChI is InChI=1S/C14H16N3O4/c1-10-3-5-11(6-4-10)17-14(20)16(13(19)7-15-17)8-12(18)9-21-2/h3,5-7,12,18H,8-9H2,1-2H3/t12-/m1/s1. The van der Waals surface area contributed by atoms with Crippen molar-refractivity contribution < 1.29 is 9.84 Å². The Morgan fingerprint density at radius 2 is 2.19 bits per heavy atom. The molecule has 0 amide bonds. The third-order valence-electron chi connectivity index (χ3n) is 2.91. The Kier molecular flexibility index (Phi) is 4.66. The monoisotopic (exact) mass is 290 g/mol. The van der Waals surface area contributed by atoms with Gasteiger partial charge in [-0.3, -0.25) is 9.36 Å². The minimum absolute atomic E-state index is 0.0342. The van der Waals surface area contributed by atoms with E-state index in [9.17, 15) is 14.7 Å². The van der Waals surface area contributed by atoms with Crippen LogP contribution >= 0.6 is 0 Å².